The highest BCUT2D eigenvalue weighted by Gasteiger charge is 2.19. The normalized spacial score (nSPS) is 14.5. The average molecular weight is 414 g/mol. The molecule has 0 bridgehead atoms. The van der Waals surface area contributed by atoms with E-state index in [1.807, 2.05) is 0 Å². The number of carbonyl (C=O) groups is 2. The molecule has 0 spiro atoms. The lowest BCUT2D eigenvalue weighted by Gasteiger charge is -2.32. The molecule has 0 unspecified atom stereocenters. The van der Waals surface area contributed by atoms with Crippen LogP contribution < -0.4 is 4.74 Å². The van der Waals surface area contributed by atoms with Gasteiger partial charge in [0.05, 0.1) is 0 Å². The van der Waals surface area contributed by atoms with E-state index in [4.69, 9.17) is 24.5 Å². The van der Waals surface area contributed by atoms with E-state index in [2.05, 4.69) is 67.3 Å². The van der Waals surface area contributed by atoms with Crippen LogP contribution in [0, 0.1) is 19.8 Å². The maximum Gasteiger partial charge on any atom is 0.414 e. The fourth-order valence-electron chi connectivity index (χ4n) is 3.61. The molecule has 0 radical (unpaired) electrons. The van der Waals surface area contributed by atoms with Gasteiger partial charge in [-0.25, -0.2) is 9.59 Å². The van der Waals surface area contributed by atoms with Gasteiger partial charge in [0.15, 0.2) is 0 Å². The Kier molecular flexibility index (Phi) is 9.35. The Hall–Kier alpha value is -2.86. The molecule has 3 rings (SSSR count). The molecule has 6 nitrogen and oxygen atoms in total. The number of ether oxygens (including phenoxy) is 1. The summed E-state index contributed by atoms with van der Waals surface area (Å²) < 4.78 is 5.98. The summed E-state index contributed by atoms with van der Waals surface area (Å²) >= 11 is 0. The fraction of sp³-hybridized carbons (Fsp3) is 0.417. The maximum atomic E-state index is 9.10. The molecule has 30 heavy (non-hydrogen) atoms. The molecular weight excluding hydrogens is 382 g/mol. The van der Waals surface area contributed by atoms with Crippen molar-refractivity contribution in [1.29, 1.82) is 0 Å². The summed E-state index contributed by atoms with van der Waals surface area (Å²) in [6.45, 7) is 8.47. The van der Waals surface area contributed by atoms with Crippen LogP contribution in [0.4, 0.5) is 0 Å². The number of likely N-dealkylation sites (tertiary alicyclic amines) is 1. The quantitative estimate of drug-likeness (QED) is 0.701. The zero-order chi connectivity index (χ0) is 21.9. The van der Waals surface area contributed by atoms with E-state index in [0.717, 1.165) is 24.8 Å². The Morgan fingerprint density at radius 1 is 1.00 bits per heavy atom. The van der Waals surface area contributed by atoms with Gasteiger partial charge in [-0.05, 0) is 69.3 Å². The molecule has 0 aliphatic carbocycles. The molecule has 1 saturated heterocycles. The third-order valence-electron chi connectivity index (χ3n) is 5.25. The highest BCUT2D eigenvalue weighted by Crippen LogP contribution is 2.22. The number of aliphatic carboxylic acids is 2. The number of nitrogens with zero attached hydrogens (tertiary/aromatic N) is 1. The monoisotopic (exact) mass is 413 g/mol. The summed E-state index contributed by atoms with van der Waals surface area (Å²) in [5, 5.41) is 14.8. The van der Waals surface area contributed by atoms with Crippen molar-refractivity contribution in [3.63, 3.8) is 0 Å². The highest BCUT2D eigenvalue weighted by atomic mass is 16.5. The Balaban J connectivity index is 0.000000469. The van der Waals surface area contributed by atoms with E-state index in [9.17, 15) is 0 Å². The molecule has 1 aliphatic rings. The fourth-order valence-corrected chi connectivity index (χ4v) is 3.61. The lowest BCUT2D eigenvalue weighted by molar-refractivity contribution is -0.159. The van der Waals surface area contributed by atoms with Crippen molar-refractivity contribution in [2.75, 3.05) is 26.2 Å². The summed E-state index contributed by atoms with van der Waals surface area (Å²) in [4.78, 5) is 20.7. The van der Waals surface area contributed by atoms with Crippen LogP contribution in [-0.4, -0.2) is 53.3 Å². The van der Waals surface area contributed by atoms with Crippen LogP contribution in [0.1, 0.15) is 29.5 Å². The first-order chi connectivity index (χ1) is 14.3. The predicted octanol–water partition coefficient (Wildman–Crippen LogP) is 3.79. The van der Waals surface area contributed by atoms with Gasteiger partial charge in [0.2, 0.25) is 0 Å². The summed E-state index contributed by atoms with van der Waals surface area (Å²) in [5.74, 6) is -1.78. The Bertz CT molecular complexity index is 802. The number of carboxylic acids is 2. The first kappa shape index (κ1) is 23.4. The van der Waals surface area contributed by atoms with Crippen molar-refractivity contribution in [3.05, 3.63) is 65.2 Å². The smallest absolute Gasteiger partial charge is 0.414 e. The van der Waals surface area contributed by atoms with Gasteiger partial charge in [-0.2, -0.15) is 0 Å². The van der Waals surface area contributed by atoms with E-state index in [-0.39, 0.29) is 0 Å². The van der Waals surface area contributed by atoms with Crippen molar-refractivity contribution in [2.24, 2.45) is 5.92 Å². The molecule has 0 atom stereocenters. The summed E-state index contributed by atoms with van der Waals surface area (Å²) in [5.41, 5.74) is 4.01. The van der Waals surface area contributed by atoms with Gasteiger partial charge in [0.25, 0.3) is 0 Å². The number of benzene rings is 2. The minimum absolute atomic E-state index is 0.785. The second kappa shape index (κ2) is 12.0. The van der Waals surface area contributed by atoms with Crippen LogP contribution in [-0.2, 0) is 16.0 Å². The number of hydrogen-bond donors (Lipinski definition) is 2. The zero-order valence-electron chi connectivity index (χ0n) is 17.7. The minimum Gasteiger partial charge on any atom is -0.492 e. The number of rotatable bonds is 6. The summed E-state index contributed by atoms with van der Waals surface area (Å²) in [6.07, 6.45) is 3.84. The van der Waals surface area contributed by atoms with Crippen LogP contribution in [0.3, 0.4) is 0 Å². The zero-order valence-corrected chi connectivity index (χ0v) is 17.7. The van der Waals surface area contributed by atoms with E-state index < -0.39 is 11.9 Å². The Morgan fingerprint density at radius 3 is 2.20 bits per heavy atom. The highest BCUT2D eigenvalue weighted by molar-refractivity contribution is 6.27. The van der Waals surface area contributed by atoms with Gasteiger partial charge in [-0.1, -0.05) is 48.0 Å². The van der Waals surface area contributed by atoms with E-state index in [1.54, 1.807) is 0 Å². The predicted molar refractivity (Wildman–Crippen MR) is 116 cm³/mol. The van der Waals surface area contributed by atoms with E-state index in [0.29, 0.717) is 0 Å². The molecule has 2 aromatic rings. The lowest BCUT2D eigenvalue weighted by atomic mass is 9.90. The second-order valence-electron chi connectivity index (χ2n) is 7.70. The van der Waals surface area contributed by atoms with Gasteiger partial charge in [-0.3, -0.25) is 4.90 Å². The van der Waals surface area contributed by atoms with E-state index in [1.165, 1.54) is 49.0 Å². The van der Waals surface area contributed by atoms with Gasteiger partial charge in [0.1, 0.15) is 12.4 Å². The van der Waals surface area contributed by atoms with Crippen LogP contribution in [0.2, 0.25) is 0 Å². The molecule has 2 aromatic carbocycles. The van der Waals surface area contributed by atoms with Crippen LogP contribution in [0.5, 0.6) is 5.75 Å². The van der Waals surface area contributed by atoms with Gasteiger partial charge < -0.3 is 14.9 Å². The first-order valence-electron chi connectivity index (χ1n) is 10.3. The molecule has 0 aromatic heterocycles. The van der Waals surface area contributed by atoms with Crippen molar-refractivity contribution >= 4 is 11.9 Å². The van der Waals surface area contributed by atoms with E-state index >= 15 is 0 Å². The molecule has 6 heteroatoms. The van der Waals surface area contributed by atoms with Crippen molar-refractivity contribution in [3.8, 4) is 5.75 Å². The van der Waals surface area contributed by atoms with Crippen molar-refractivity contribution in [2.45, 2.75) is 33.1 Å². The second-order valence-corrected chi connectivity index (χ2v) is 7.70. The number of aryl methyl sites for hydroxylation is 2. The SMILES string of the molecule is Cc1ccc(OCCN2CCC(Cc3ccccc3)CC2)c(C)c1.O=C(O)C(=O)O. The molecule has 162 valence electrons. The lowest BCUT2D eigenvalue weighted by Crippen LogP contribution is -2.37. The molecule has 1 heterocycles. The van der Waals surface area contributed by atoms with Crippen LogP contribution >= 0.6 is 0 Å². The third-order valence-corrected chi connectivity index (χ3v) is 5.25. The molecule has 1 fully saturated rings. The number of carboxylic acid groups (broad SMARTS) is 2. The van der Waals surface area contributed by atoms with Gasteiger partial charge >= 0.3 is 11.9 Å². The molecular formula is C24H31NO5. The molecule has 0 amide bonds. The first-order valence-corrected chi connectivity index (χ1v) is 10.3. The third kappa shape index (κ3) is 8.25. The number of piperidine rings is 1. The summed E-state index contributed by atoms with van der Waals surface area (Å²) in [7, 11) is 0. The maximum absolute atomic E-state index is 9.10. The van der Waals surface area contributed by atoms with Crippen LogP contribution in [0.15, 0.2) is 48.5 Å². The standard InChI is InChI=1S/C22H29NO.C2H2O4/c1-18-8-9-22(19(2)16-18)24-15-14-23-12-10-21(11-13-23)17-20-6-4-3-5-7-20;3-1(4)2(5)6/h3-9,16,21H,10-15,17H2,1-2H3;(H,3,4)(H,5,6). The van der Waals surface area contributed by atoms with Crippen LogP contribution in [0.25, 0.3) is 0 Å². The largest absolute Gasteiger partial charge is 0.492 e. The molecule has 2 N–H and O–H groups in total. The summed E-state index contributed by atoms with van der Waals surface area (Å²) in [6, 6.07) is 17.3. The van der Waals surface area contributed by atoms with Gasteiger partial charge in [0, 0.05) is 6.54 Å². The minimum atomic E-state index is -1.82. The van der Waals surface area contributed by atoms with Gasteiger partial charge in [-0.15, -0.1) is 0 Å². The van der Waals surface area contributed by atoms with Crippen molar-refractivity contribution < 1.29 is 24.5 Å². The number of hydrogen-bond acceptors (Lipinski definition) is 4. The Morgan fingerprint density at radius 2 is 1.63 bits per heavy atom. The average Bonchev–Trinajstić information content (AvgIpc) is 2.72. The van der Waals surface area contributed by atoms with Crippen molar-refractivity contribution in [1.82, 2.24) is 4.90 Å². The molecule has 0 saturated carbocycles. The Labute approximate surface area is 178 Å². The topological polar surface area (TPSA) is 87.1 Å². The molecule has 1 aliphatic heterocycles.